The lowest BCUT2D eigenvalue weighted by Gasteiger charge is -2.20. The summed E-state index contributed by atoms with van der Waals surface area (Å²) in [6, 6.07) is 1.27. The van der Waals surface area contributed by atoms with E-state index in [1.807, 2.05) is 6.92 Å². The first-order valence-electron chi connectivity index (χ1n) is 5.81. The van der Waals surface area contributed by atoms with E-state index in [1.54, 1.807) is 0 Å². The minimum Gasteiger partial charge on any atom is -0.368 e. The first-order valence-corrected chi connectivity index (χ1v) is 5.81. The van der Waals surface area contributed by atoms with E-state index < -0.39 is 11.8 Å². The van der Waals surface area contributed by atoms with Crippen LogP contribution in [-0.2, 0) is 4.79 Å². The van der Waals surface area contributed by atoms with Gasteiger partial charge in [0.15, 0.2) is 5.43 Å². The fraction of sp³-hybridized carbons (Fsp3) is 0.417. The zero-order valence-electron chi connectivity index (χ0n) is 10.3. The van der Waals surface area contributed by atoms with E-state index in [0.29, 0.717) is 6.54 Å². The number of aromatic nitrogens is 1. The smallest absolute Gasteiger partial charge is 0.259 e. The standard InChI is InChI=1S/C12H17N3O3/c1-2-3-6-15(8-11(13)17)12(18)9-7-14-5-4-10(9)16/h4-5,7H,2-3,6,8H2,1H3,(H2,13,17)(H,14,16). The first-order chi connectivity index (χ1) is 8.56. The molecule has 1 heterocycles. The second kappa shape index (κ2) is 6.58. The molecule has 0 saturated carbocycles. The molecule has 1 aromatic rings. The van der Waals surface area contributed by atoms with Crippen LogP contribution in [0.5, 0.6) is 0 Å². The van der Waals surface area contributed by atoms with Crippen molar-refractivity contribution >= 4 is 11.8 Å². The molecule has 3 N–H and O–H groups in total. The number of nitrogens with one attached hydrogen (secondary N) is 1. The Bertz CT molecular complexity index is 481. The van der Waals surface area contributed by atoms with E-state index >= 15 is 0 Å². The van der Waals surface area contributed by atoms with Crippen LogP contribution < -0.4 is 11.2 Å². The van der Waals surface area contributed by atoms with Crippen LogP contribution in [0.15, 0.2) is 23.3 Å². The van der Waals surface area contributed by atoms with Crippen molar-refractivity contribution in [2.45, 2.75) is 19.8 Å². The molecule has 2 amide bonds. The number of carbonyl (C=O) groups excluding carboxylic acids is 2. The molecule has 6 nitrogen and oxygen atoms in total. The molecule has 0 aliphatic heterocycles. The molecule has 0 radical (unpaired) electrons. The predicted octanol–water partition coefficient (Wildman–Crippen LogP) is 0.103. The maximum Gasteiger partial charge on any atom is 0.259 e. The van der Waals surface area contributed by atoms with E-state index in [2.05, 4.69) is 4.98 Å². The van der Waals surface area contributed by atoms with E-state index in [1.165, 1.54) is 23.4 Å². The normalized spacial score (nSPS) is 10.1. The molecule has 0 aromatic carbocycles. The highest BCUT2D eigenvalue weighted by atomic mass is 16.2. The van der Waals surface area contributed by atoms with E-state index in [0.717, 1.165) is 12.8 Å². The summed E-state index contributed by atoms with van der Waals surface area (Å²) in [5, 5.41) is 0. The number of primary amides is 1. The van der Waals surface area contributed by atoms with Crippen molar-refractivity contribution < 1.29 is 9.59 Å². The van der Waals surface area contributed by atoms with Gasteiger partial charge < -0.3 is 15.6 Å². The Morgan fingerprint density at radius 3 is 2.72 bits per heavy atom. The van der Waals surface area contributed by atoms with Gasteiger partial charge in [0.2, 0.25) is 5.91 Å². The van der Waals surface area contributed by atoms with Gasteiger partial charge >= 0.3 is 0 Å². The molecule has 0 fully saturated rings. The maximum absolute atomic E-state index is 12.1. The Hall–Kier alpha value is -2.11. The Kier molecular flexibility index (Phi) is 5.10. The number of H-pyrrole nitrogens is 1. The summed E-state index contributed by atoms with van der Waals surface area (Å²) in [6.45, 7) is 2.21. The summed E-state index contributed by atoms with van der Waals surface area (Å²) in [7, 11) is 0. The van der Waals surface area contributed by atoms with Gasteiger partial charge in [-0.3, -0.25) is 14.4 Å². The average molecular weight is 251 g/mol. The summed E-state index contributed by atoms with van der Waals surface area (Å²) in [4.78, 5) is 38.6. The molecule has 0 unspecified atom stereocenters. The zero-order chi connectivity index (χ0) is 13.5. The van der Waals surface area contributed by atoms with E-state index in [-0.39, 0.29) is 17.5 Å². The molecular weight excluding hydrogens is 234 g/mol. The van der Waals surface area contributed by atoms with Crippen LogP contribution in [0.3, 0.4) is 0 Å². The Morgan fingerprint density at radius 1 is 1.44 bits per heavy atom. The van der Waals surface area contributed by atoms with Crippen molar-refractivity contribution in [3.05, 3.63) is 34.2 Å². The fourth-order valence-corrected chi connectivity index (χ4v) is 1.54. The van der Waals surface area contributed by atoms with E-state index in [4.69, 9.17) is 5.73 Å². The number of nitrogens with two attached hydrogens (primary N) is 1. The molecule has 0 bridgehead atoms. The third-order valence-corrected chi connectivity index (χ3v) is 2.47. The summed E-state index contributed by atoms with van der Waals surface area (Å²) < 4.78 is 0. The number of hydrogen-bond acceptors (Lipinski definition) is 3. The Balaban J connectivity index is 2.91. The van der Waals surface area contributed by atoms with Gasteiger partial charge in [-0.2, -0.15) is 0 Å². The van der Waals surface area contributed by atoms with Gasteiger partial charge in [0.1, 0.15) is 5.56 Å². The SMILES string of the molecule is CCCCN(CC(N)=O)C(=O)c1c[nH]ccc1=O. The highest BCUT2D eigenvalue weighted by Crippen LogP contribution is 2.01. The highest BCUT2D eigenvalue weighted by Gasteiger charge is 2.19. The van der Waals surface area contributed by atoms with Gasteiger partial charge in [-0.15, -0.1) is 0 Å². The first kappa shape index (κ1) is 14.0. The molecule has 0 atom stereocenters. The summed E-state index contributed by atoms with van der Waals surface area (Å²) in [5.41, 5.74) is 4.75. The van der Waals surface area contributed by atoms with Crippen LogP contribution >= 0.6 is 0 Å². The molecule has 98 valence electrons. The van der Waals surface area contributed by atoms with Crippen molar-refractivity contribution in [1.29, 1.82) is 0 Å². The minimum absolute atomic E-state index is 0.0230. The average Bonchev–Trinajstić information content (AvgIpc) is 2.34. The van der Waals surface area contributed by atoms with Crippen molar-refractivity contribution in [1.82, 2.24) is 9.88 Å². The van der Waals surface area contributed by atoms with Crippen molar-refractivity contribution in [2.75, 3.05) is 13.1 Å². The molecule has 1 rings (SSSR count). The Morgan fingerprint density at radius 2 is 2.17 bits per heavy atom. The number of pyridine rings is 1. The second-order valence-electron chi connectivity index (χ2n) is 3.97. The van der Waals surface area contributed by atoms with Gasteiger partial charge in [0.25, 0.3) is 5.91 Å². The Labute approximate surface area is 105 Å². The third kappa shape index (κ3) is 3.73. The van der Waals surface area contributed by atoms with Crippen LogP contribution in [0.2, 0.25) is 0 Å². The second-order valence-corrected chi connectivity index (χ2v) is 3.97. The van der Waals surface area contributed by atoms with Gasteiger partial charge in [-0.05, 0) is 6.42 Å². The number of carbonyl (C=O) groups is 2. The molecule has 0 aliphatic carbocycles. The monoisotopic (exact) mass is 251 g/mol. The topological polar surface area (TPSA) is 96.3 Å². The van der Waals surface area contributed by atoms with Crippen molar-refractivity contribution in [2.24, 2.45) is 5.73 Å². The summed E-state index contributed by atoms with van der Waals surface area (Å²) in [5.74, 6) is -1.06. The molecule has 6 heteroatoms. The number of nitrogens with zero attached hydrogens (tertiary/aromatic N) is 1. The lowest BCUT2D eigenvalue weighted by Crippen LogP contribution is -2.40. The number of rotatable bonds is 6. The van der Waals surface area contributed by atoms with Gasteiger partial charge in [-0.1, -0.05) is 13.3 Å². The third-order valence-electron chi connectivity index (χ3n) is 2.47. The number of hydrogen-bond donors (Lipinski definition) is 2. The number of amides is 2. The van der Waals surface area contributed by atoms with Crippen LogP contribution in [-0.4, -0.2) is 34.8 Å². The van der Waals surface area contributed by atoms with Crippen LogP contribution in [0.1, 0.15) is 30.1 Å². The molecule has 0 spiro atoms. The summed E-state index contributed by atoms with van der Waals surface area (Å²) in [6.07, 6.45) is 4.42. The lowest BCUT2D eigenvalue weighted by molar-refractivity contribution is -0.118. The van der Waals surface area contributed by atoms with Crippen LogP contribution in [0, 0.1) is 0 Å². The number of aromatic amines is 1. The maximum atomic E-state index is 12.1. The van der Waals surface area contributed by atoms with Gasteiger partial charge in [0, 0.05) is 25.0 Å². The molecule has 1 aromatic heterocycles. The van der Waals surface area contributed by atoms with Crippen molar-refractivity contribution in [3.63, 3.8) is 0 Å². The predicted molar refractivity (Wildman–Crippen MR) is 67.1 cm³/mol. The van der Waals surface area contributed by atoms with Gasteiger partial charge in [0.05, 0.1) is 6.54 Å². The molecule has 18 heavy (non-hydrogen) atoms. The lowest BCUT2D eigenvalue weighted by atomic mass is 10.2. The largest absolute Gasteiger partial charge is 0.368 e. The van der Waals surface area contributed by atoms with Crippen molar-refractivity contribution in [3.8, 4) is 0 Å². The molecular formula is C12H17N3O3. The van der Waals surface area contributed by atoms with E-state index in [9.17, 15) is 14.4 Å². The quantitative estimate of drug-likeness (QED) is 0.750. The summed E-state index contributed by atoms with van der Waals surface area (Å²) >= 11 is 0. The van der Waals surface area contributed by atoms with Crippen LogP contribution in [0.4, 0.5) is 0 Å². The zero-order valence-corrected chi connectivity index (χ0v) is 10.3. The molecule has 0 aliphatic rings. The van der Waals surface area contributed by atoms with Crippen LogP contribution in [0.25, 0.3) is 0 Å². The highest BCUT2D eigenvalue weighted by molar-refractivity contribution is 5.95. The number of unbranched alkanes of at least 4 members (excludes halogenated alkanes) is 1. The fourth-order valence-electron chi connectivity index (χ4n) is 1.54. The molecule has 0 saturated heterocycles. The minimum atomic E-state index is -0.591. The van der Waals surface area contributed by atoms with Gasteiger partial charge in [-0.25, -0.2) is 0 Å².